The number of hydrogen-bond acceptors (Lipinski definition) is 2. The van der Waals surface area contributed by atoms with Gasteiger partial charge in [-0.25, -0.2) is 8.78 Å². The summed E-state index contributed by atoms with van der Waals surface area (Å²) in [7, 11) is 3.04. The molecule has 0 atom stereocenters. The smallest absolute Gasteiger partial charge is 0.249 e. The van der Waals surface area contributed by atoms with Crippen LogP contribution in [0.1, 0.15) is 12.8 Å². The number of hydrogen-bond donors (Lipinski definition) is 0. The second-order valence-electron chi connectivity index (χ2n) is 3.58. The van der Waals surface area contributed by atoms with Crippen LogP contribution >= 0.6 is 0 Å². The van der Waals surface area contributed by atoms with Crippen LogP contribution in [0.4, 0.5) is 8.78 Å². The molecule has 1 aliphatic carbocycles. The van der Waals surface area contributed by atoms with Crippen molar-refractivity contribution in [2.75, 3.05) is 27.4 Å². The van der Waals surface area contributed by atoms with Crippen molar-refractivity contribution in [1.29, 1.82) is 0 Å². The van der Waals surface area contributed by atoms with E-state index < -0.39 is 11.3 Å². The SMILES string of the molecule is COCC1(COC)CC(F)(F)C1. The predicted octanol–water partition coefficient (Wildman–Crippen LogP) is 1.69. The largest absolute Gasteiger partial charge is 0.384 e. The second kappa shape index (κ2) is 3.26. The van der Waals surface area contributed by atoms with E-state index in [9.17, 15) is 8.78 Å². The zero-order valence-corrected chi connectivity index (χ0v) is 7.40. The summed E-state index contributed by atoms with van der Waals surface area (Å²) in [6, 6.07) is 0. The molecule has 0 aliphatic heterocycles. The first-order valence-electron chi connectivity index (χ1n) is 3.89. The molecule has 0 spiro atoms. The summed E-state index contributed by atoms with van der Waals surface area (Å²) < 4.78 is 34.9. The highest BCUT2D eigenvalue weighted by atomic mass is 19.3. The molecule has 0 heterocycles. The van der Waals surface area contributed by atoms with E-state index >= 15 is 0 Å². The van der Waals surface area contributed by atoms with Crippen LogP contribution in [-0.2, 0) is 9.47 Å². The summed E-state index contributed by atoms with van der Waals surface area (Å²) >= 11 is 0. The Morgan fingerprint density at radius 3 is 1.75 bits per heavy atom. The molecule has 0 amide bonds. The van der Waals surface area contributed by atoms with E-state index in [1.807, 2.05) is 0 Å². The lowest BCUT2D eigenvalue weighted by molar-refractivity contribution is -0.197. The third kappa shape index (κ3) is 1.93. The molecule has 0 radical (unpaired) electrons. The van der Waals surface area contributed by atoms with Gasteiger partial charge in [-0.15, -0.1) is 0 Å². The number of methoxy groups -OCH3 is 2. The predicted molar refractivity (Wildman–Crippen MR) is 40.4 cm³/mol. The molecule has 12 heavy (non-hydrogen) atoms. The van der Waals surface area contributed by atoms with Crippen molar-refractivity contribution in [3.63, 3.8) is 0 Å². The van der Waals surface area contributed by atoms with E-state index in [0.29, 0.717) is 13.2 Å². The number of halogens is 2. The van der Waals surface area contributed by atoms with Gasteiger partial charge in [0.15, 0.2) is 0 Å². The molecule has 0 bridgehead atoms. The van der Waals surface area contributed by atoms with Gasteiger partial charge in [-0.3, -0.25) is 0 Å². The van der Waals surface area contributed by atoms with Gasteiger partial charge in [0.1, 0.15) is 0 Å². The molecule has 2 nitrogen and oxygen atoms in total. The Bertz CT molecular complexity index is 143. The molecule has 0 N–H and O–H groups in total. The van der Waals surface area contributed by atoms with Crippen molar-refractivity contribution in [1.82, 2.24) is 0 Å². The summed E-state index contributed by atoms with van der Waals surface area (Å²) in [6.45, 7) is 0.715. The topological polar surface area (TPSA) is 18.5 Å². The van der Waals surface area contributed by atoms with Crippen LogP contribution in [0.3, 0.4) is 0 Å². The molecule has 0 saturated heterocycles. The average molecular weight is 180 g/mol. The zero-order chi connectivity index (χ0) is 9.24. The highest BCUT2D eigenvalue weighted by Crippen LogP contribution is 2.52. The summed E-state index contributed by atoms with van der Waals surface area (Å²) in [4.78, 5) is 0. The van der Waals surface area contributed by atoms with Crippen molar-refractivity contribution in [2.24, 2.45) is 5.41 Å². The van der Waals surface area contributed by atoms with Gasteiger partial charge in [-0.05, 0) is 0 Å². The van der Waals surface area contributed by atoms with E-state index in [-0.39, 0.29) is 12.8 Å². The normalized spacial score (nSPS) is 25.0. The van der Waals surface area contributed by atoms with Gasteiger partial charge in [0.05, 0.1) is 13.2 Å². The minimum Gasteiger partial charge on any atom is -0.384 e. The first kappa shape index (κ1) is 9.86. The Balaban J connectivity index is 2.43. The van der Waals surface area contributed by atoms with E-state index in [2.05, 4.69) is 0 Å². The lowest BCUT2D eigenvalue weighted by Gasteiger charge is -2.46. The van der Waals surface area contributed by atoms with Crippen molar-refractivity contribution >= 4 is 0 Å². The molecule has 0 aromatic carbocycles. The van der Waals surface area contributed by atoms with E-state index in [0.717, 1.165) is 0 Å². The summed E-state index contributed by atoms with van der Waals surface area (Å²) in [5, 5.41) is 0. The molecule has 0 unspecified atom stereocenters. The minimum atomic E-state index is -2.50. The van der Waals surface area contributed by atoms with Crippen LogP contribution < -0.4 is 0 Å². The second-order valence-corrected chi connectivity index (χ2v) is 3.58. The maximum Gasteiger partial charge on any atom is 0.249 e. The molecule has 1 rings (SSSR count). The van der Waals surface area contributed by atoms with E-state index in [1.54, 1.807) is 0 Å². The fourth-order valence-corrected chi connectivity index (χ4v) is 1.90. The standard InChI is InChI=1S/C8H14F2O2/c1-11-5-7(6-12-2)3-8(9,10)4-7/h3-6H2,1-2H3. The van der Waals surface area contributed by atoms with Crippen LogP contribution in [0.15, 0.2) is 0 Å². The zero-order valence-electron chi connectivity index (χ0n) is 7.40. The van der Waals surface area contributed by atoms with Crippen molar-refractivity contribution < 1.29 is 18.3 Å². The third-order valence-corrected chi connectivity index (χ3v) is 2.17. The Hall–Kier alpha value is -0.220. The van der Waals surface area contributed by atoms with Gasteiger partial charge in [-0.2, -0.15) is 0 Å². The minimum absolute atomic E-state index is 0.109. The Kier molecular flexibility index (Phi) is 2.68. The Morgan fingerprint density at radius 1 is 1.08 bits per heavy atom. The summed E-state index contributed by atoms with van der Waals surface area (Å²) in [6.07, 6.45) is -0.219. The van der Waals surface area contributed by atoms with Crippen molar-refractivity contribution in [3.8, 4) is 0 Å². The van der Waals surface area contributed by atoms with Gasteiger partial charge < -0.3 is 9.47 Å². The average Bonchev–Trinajstić information content (AvgIpc) is 1.83. The van der Waals surface area contributed by atoms with Crippen LogP contribution in [0.5, 0.6) is 0 Å². The monoisotopic (exact) mass is 180 g/mol. The molecule has 4 heteroatoms. The highest BCUT2D eigenvalue weighted by molar-refractivity contribution is 4.98. The number of ether oxygens (including phenoxy) is 2. The molecule has 72 valence electrons. The molecular weight excluding hydrogens is 166 g/mol. The van der Waals surface area contributed by atoms with Crippen LogP contribution in [0.2, 0.25) is 0 Å². The Labute approximate surface area is 70.8 Å². The fraction of sp³-hybridized carbons (Fsp3) is 1.00. The van der Waals surface area contributed by atoms with Gasteiger partial charge in [-0.1, -0.05) is 0 Å². The van der Waals surface area contributed by atoms with E-state index in [4.69, 9.17) is 9.47 Å². The van der Waals surface area contributed by atoms with Gasteiger partial charge in [0, 0.05) is 32.5 Å². The molecule has 0 aromatic rings. The van der Waals surface area contributed by atoms with Gasteiger partial charge >= 0.3 is 0 Å². The van der Waals surface area contributed by atoms with E-state index in [1.165, 1.54) is 14.2 Å². The van der Waals surface area contributed by atoms with Crippen LogP contribution in [0, 0.1) is 5.41 Å². The molecule has 0 aromatic heterocycles. The van der Waals surface area contributed by atoms with Gasteiger partial charge in [0.2, 0.25) is 5.92 Å². The summed E-state index contributed by atoms with van der Waals surface area (Å²) in [5.74, 6) is -2.50. The molecular formula is C8H14F2O2. The van der Waals surface area contributed by atoms with Gasteiger partial charge in [0.25, 0.3) is 0 Å². The lowest BCUT2D eigenvalue weighted by Crippen LogP contribution is -2.51. The highest BCUT2D eigenvalue weighted by Gasteiger charge is 2.56. The van der Waals surface area contributed by atoms with Crippen molar-refractivity contribution in [2.45, 2.75) is 18.8 Å². The first-order valence-corrected chi connectivity index (χ1v) is 3.89. The maximum atomic E-state index is 12.6. The quantitative estimate of drug-likeness (QED) is 0.655. The van der Waals surface area contributed by atoms with Crippen LogP contribution in [0.25, 0.3) is 0 Å². The number of alkyl halides is 2. The van der Waals surface area contributed by atoms with Crippen LogP contribution in [-0.4, -0.2) is 33.4 Å². The van der Waals surface area contributed by atoms with Crippen molar-refractivity contribution in [3.05, 3.63) is 0 Å². The third-order valence-electron chi connectivity index (χ3n) is 2.17. The fourth-order valence-electron chi connectivity index (χ4n) is 1.90. The molecule has 1 aliphatic rings. The maximum absolute atomic E-state index is 12.6. The summed E-state index contributed by atoms with van der Waals surface area (Å²) in [5.41, 5.74) is -0.438. The molecule has 1 fully saturated rings. The molecule has 1 saturated carbocycles. The first-order chi connectivity index (χ1) is 5.54. The lowest BCUT2D eigenvalue weighted by atomic mass is 9.67. The Morgan fingerprint density at radius 2 is 1.50 bits per heavy atom. The number of rotatable bonds is 4.